The van der Waals surface area contributed by atoms with Gasteiger partial charge in [-0.05, 0) is 33.3 Å². The summed E-state index contributed by atoms with van der Waals surface area (Å²) in [5, 5.41) is 0. The highest BCUT2D eigenvalue weighted by atomic mass is 32.2. The van der Waals surface area contributed by atoms with Crippen molar-refractivity contribution >= 4 is 15.7 Å². The van der Waals surface area contributed by atoms with Crippen LogP contribution < -0.4 is 0 Å². The molecule has 0 saturated carbocycles. The van der Waals surface area contributed by atoms with E-state index in [0.29, 0.717) is 13.1 Å². The molecule has 0 aromatic heterocycles. The van der Waals surface area contributed by atoms with Crippen LogP contribution in [0.5, 0.6) is 0 Å². The van der Waals surface area contributed by atoms with Gasteiger partial charge in [0.15, 0.2) is 9.84 Å². The minimum atomic E-state index is -3.13. The minimum Gasteiger partial charge on any atom is -0.335 e. The minimum absolute atomic E-state index is 0.0164. The van der Waals surface area contributed by atoms with E-state index in [-0.39, 0.29) is 29.5 Å². The number of fused-ring (bicyclic) bond motifs is 1. The van der Waals surface area contributed by atoms with Gasteiger partial charge in [-0.25, -0.2) is 8.42 Å². The van der Waals surface area contributed by atoms with Gasteiger partial charge in [0.05, 0.1) is 23.0 Å². The van der Waals surface area contributed by atoms with E-state index in [1.54, 1.807) is 0 Å². The molecule has 0 spiro atoms. The number of allylic oxidation sites excluding steroid dienone is 1. The van der Waals surface area contributed by atoms with Crippen molar-refractivity contribution < 1.29 is 13.2 Å². The summed E-state index contributed by atoms with van der Waals surface area (Å²) < 4.78 is 24.8. The highest BCUT2D eigenvalue weighted by Gasteiger charge is 2.49. The number of amides is 1. The fraction of sp³-hybridized carbons (Fsp3) is 0.571. The molecule has 2 heterocycles. The van der Waals surface area contributed by atoms with Crippen LogP contribution in [-0.2, 0) is 20.0 Å². The summed E-state index contributed by atoms with van der Waals surface area (Å²) in [7, 11) is -3.13. The highest BCUT2D eigenvalue weighted by molar-refractivity contribution is 7.91. The maximum absolute atomic E-state index is 13.4. The molecule has 2 fully saturated rings. The van der Waals surface area contributed by atoms with Crippen molar-refractivity contribution in [3.8, 4) is 0 Å². The Balaban J connectivity index is 1.87. The highest BCUT2D eigenvalue weighted by Crippen LogP contribution is 2.32. The predicted molar refractivity (Wildman–Crippen MR) is 108 cm³/mol. The molecule has 0 aliphatic carbocycles. The van der Waals surface area contributed by atoms with Gasteiger partial charge in [-0.2, -0.15) is 0 Å². The molecule has 3 rings (SSSR count). The zero-order chi connectivity index (χ0) is 19.8. The first-order valence-corrected chi connectivity index (χ1v) is 11.4. The molecular weight excluding hydrogens is 360 g/mol. The topological polar surface area (TPSA) is 57.7 Å². The van der Waals surface area contributed by atoms with E-state index in [0.717, 1.165) is 12.1 Å². The van der Waals surface area contributed by atoms with E-state index in [1.807, 2.05) is 62.9 Å². The summed E-state index contributed by atoms with van der Waals surface area (Å²) in [4.78, 5) is 17.5. The second kappa shape index (κ2) is 7.40. The largest absolute Gasteiger partial charge is 0.335 e. The van der Waals surface area contributed by atoms with Gasteiger partial charge >= 0.3 is 0 Å². The predicted octanol–water partition coefficient (Wildman–Crippen LogP) is 2.24. The van der Waals surface area contributed by atoms with E-state index in [9.17, 15) is 13.2 Å². The van der Waals surface area contributed by atoms with Gasteiger partial charge < -0.3 is 4.90 Å². The molecule has 1 aromatic rings. The zero-order valence-corrected chi connectivity index (χ0v) is 17.5. The first-order chi connectivity index (χ1) is 12.6. The molecule has 5 nitrogen and oxygen atoms in total. The molecule has 0 unspecified atom stereocenters. The van der Waals surface area contributed by atoms with Crippen LogP contribution in [0.15, 0.2) is 42.0 Å². The molecule has 2 aliphatic rings. The maximum atomic E-state index is 13.4. The van der Waals surface area contributed by atoms with Crippen molar-refractivity contribution in [1.82, 2.24) is 9.80 Å². The summed E-state index contributed by atoms with van der Waals surface area (Å²) in [6.07, 6.45) is 2.13. The van der Waals surface area contributed by atoms with Crippen LogP contribution in [-0.4, -0.2) is 67.3 Å². The van der Waals surface area contributed by atoms with Crippen molar-refractivity contribution in [2.45, 2.75) is 45.2 Å². The fourth-order valence-electron chi connectivity index (χ4n) is 4.14. The van der Waals surface area contributed by atoms with E-state index in [2.05, 4.69) is 11.0 Å². The van der Waals surface area contributed by atoms with Gasteiger partial charge in [0, 0.05) is 25.7 Å². The number of carbonyl (C=O) groups is 1. The van der Waals surface area contributed by atoms with Crippen molar-refractivity contribution in [2.75, 3.05) is 31.1 Å². The summed E-state index contributed by atoms with van der Waals surface area (Å²) >= 11 is 0. The zero-order valence-electron chi connectivity index (χ0n) is 16.7. The van der Waals surface area contributed by atoms with Crippen LogP contribution in [0.3, 0.4) is 0 Å². The monoisotopic (exact) mass is 390 g/mol. The van der Waals surface area contributed by atoms with Crippen LogP contribution >= 0.6 is 0 Å². The lowest BCUT2D eigenvalue weighted by Gasteiger charge is -2.46. The van der Waals surface area contributed by atoms with Crippen molar-refractivity contribution in [2.24, 2.45) is 0 Å². The molecule has 0 N–H and O–H groups in total. The molecule has 27 heavy (non-hydrogen) atoms. The Labute approximate surface area is 163 Å². The Kier molecular flexibility index (Phi) is 5.50. The first-order valence-electron chi connectivity index (χ1n) is 9.56. The standard InChI is InChI=1S/C21H30N2O3S/c1-16(2)10-11-22-12-13-23(19-15-27(25,26)14-18(19)22)20(24)21(3,4)17-8-6-5-7-9-17/h5-10,18-19H,11-15H2,1-4H3/t18-,19+/m1/s1. The summed E-state index contributed by atoms with van der Waals surface area (Å²) in [5.74, 6) is 0.228. The number of hydrogen-bond acceptors (Lipinski definition) is 4. The molecule has 148 valence electrons. The lowest BCUT2D eigenvalue weighted by Crippen LogP contribution is -2.62. The lowest BCUT2D eigenvalue weighted by atomic mass is 9.82. The van der Waals surface area contributed by atoms with E-state index in [1.165, 1.54) is 5.57 Å². The summed E-state index contributed by atoms with van der Waals surface area (Å²) in [5.41, 5.74) is 1.50. The number of rotatable bonds is 4. The maximum Gasteiger partial charge on any atom is 0.233 e. The number of benzene rings is 1. The van der Waals surface area contributed by atoms with Crippen LogP contribution in [0.1, 0.15) is 33.3 Å². The Morgan fingerprint density at radius 2 is 1.74 bits per heavy atom. The summed E-state index contributed by atoms with van der Waals surface area (Å²) in [6.45, 7) is 9.97. The lowest BCUT2D eigenvalue weighted by molar-refractivity contribution is -0.142. The molecular formula is C21H30N2O3S. The SMILES string of the molecule is CC(C)=CCN1CCN(C(=O)C(C)(C)c2ccccc2)[C@H]2CS(=O)(=O)C[C@H]21. The van der Waals surface area contributed by atoms with Gasteiger partial charge in [-0.15, -0.1) is 0 Å². The normalized spacial score (nSPS) is 25.1. The molecule has 6 heteroatoms. The van der Waals surface area contributed by atoms with Crippen molar-refractivity contribution in [3.05, 3.63) is 47.5 Å². The average molecular weight is 391 g/mol. The van der Waals surface area contributed by atoms with Crippen molar-refractivity contribution in [3.63, 3.8) is 0 Å². The Morgan fingerprint density at radius 3 is 2.37 bits per heavy atom. The van der Waals surface area contributed by atoms with E-state index < -0.39 is 15.3 Å². The number of hydrogen-bond donors (Lipinski definition) is 0. The van der Waals surface area contributed by atoms with Crippen LogP contribution in [0.25, 0.3) is 0 Å². The number of nitrogens with zero attached hydrogens (tertiary/aromatic N) is 2. The van der Waals surface area contributed by atoms with Crippen LogP contribution in [0.4, 0.5) is 0 Å². The van der Waals surface area contributed by atoms with Gasteiger partial charge in [-0.1, -0.05) is 42.0 Å². The van der Waals surface area contributed by atoms with Crippen molar-refractivity contribution in [1.29, 1.82) is 0 Å². The summed E-state index contributed by atoms with van der Waals surface area (Å²) in [6, 6.07) is 9.36. The second-order valence-corrected chi connectivity index (χ2v) is 10.6. The number of piperazine rings is 1. The fourth-order valence-corrected chi connectivity index (χ4v) is 6.15. The van der Waals surface area contributed by atoms with Crippen LogP contribution in [0, 0.1) is 0 Å². The molecule has 2 aliphatic heterocycles. The molecule has 1 aromatic carbocycles. The molecule has 0 bridgehead atoms. The quantitative estimate of drug-likeness (QED) is 0.740. The van der Waals surface area contributed by atoms with Crippen LogP contribution in [0.2, 0.25) is 0 Å². The number of carbonyl (C=O) groups excluding carboxylic acids is 1. The van der Waals surface area contributed by atoms with Gasteiger partial charge in [0.1, 0.15) is 0 Å². The Hall–Kier alpha value is -1.66. The third-order valence-corrected chi connectivity index (χ3v) is 7.51. The van der Waals surface area contributed by atoms with E-state index >= 15 is 0 Å². The number of sulfone groups is 1. The Morgan fingerprint density at radius 1 is 1.11 bits per heavy atom. The Bertz CT molecular complexity index is 826. The average Bonchev–Trinajstić information content (AvgIpc) is 2.94. The molecule has 2 atom stereocenters. The van der Waals surface area contributed by atoms with Gasteiger partial charge in [0.25, 0.3) is 0 Å². The molecule has 0 radical (unpaired) electrons. The molecule has 2 saturated heterocycles. The van der Waals surface area contributed by atoms with E-state index in [4.69, 9.17) is 0 Å². The second-order valence-electron chi connectivity index (χ2n) is 8.48. The smallest absolute Gasteiger partial charge is 0.233 e. The van der Waals surface area contributed by atoms with Gasteiger partial charge in [0.2, 0.25) is 5.91 Å². The van der Waals surface area contributed by atoms with Gasteiger partial charge in [-0.3, -0.25) is 9.69 Å². The molecule has 1 amide bonds. The third-order valence-electron chi connectivity index (χ3n) is 5.82. The first kappa shape index (κ1) is 20.1. The third kappa shape index (κ3) is 4.11.